The molecule has 1 atom stereocenters. The van der Waals surface area contributed by atoms with E-state index < -0.39 is 0 Å². The summed E-state index contributed by atoms with van der Waals surface area (Å²) in [5.74, 6) is 1.57. The first-order chi connectivity index (χ1) is 8.49. The van der Waals surface area contributed by atoms with Crippen LogP contribution in [0.5, 0.6) is 5.75 Å². The first-order valence-electron chi connectivity index (χ1n) is 6.66. The summed E-state index contributed by atoms with van der Waals surface area (Å²) in [7, 11) is 0. The van der Waals surface area contributed by atoms with Crippen LogP contribution in [0.2, 0.25) is 5.02 Å². The van der Waals surface area contributed by atoms with Gasteiger partial charge in [-0.05, 0) is 68.7 Å². The molecule has 1 aromatic carbocycles. The summed E-state index contributed by atoms with van der Waals surface area (Å²) in [5.41, 5.74) is 9.47. The zero-order valence-electron chi connectivity index (χ0n) is 11.4. The largest absolute Gasteiger partial charge is 0.492 e. The first-order valence-corrected chi connectivity index (χ1v) is 7.03. The van der Waals surface area contributed by atoms with E-state index in [1.165, 1.54) is 24.0 Å². The van der Waals surface area contributed by atoms with Crippen LogP contribution in [0.15, 0.2) is 6.07 Å². The maximum absolute atomic E-state index is 6.39. The summed E-state index contributed by atoms with van der Waals surface area (Å²) in [4.78, 5) is 0. The van der Waals surface area contributed by atoms with E-state index in [0.717, 1.165) is 35.3 Å². The quantitative estimate of drug-likeness (QED) is 0.884. The maximum Gasteiger partial charge on any atom is 0.138 e. The second-order valence-corrected chi connectivity index (χ2v) is 5.92. The molecule has 1 aliphatic rings. The van der Waals surface area contributed by atoms with E-state index >= 15 is 0 Å². The third kappa shape index (κ3) is 3.18. The zero-order chi connectivity index (χ0) is 13.3. The number of nitrogens with two attached hydrogens (primary N) is 1. The van der Waals surface area contributed by atoms with Gasteiger partial charge >= 0.3 is 0 Å². The van der Waals surface area contributed by atoms with Crippen molar-refractivity contribution in [2.75, 3.05) is 6.61 Å². The van der Waals surface area contributed by atoms with Gasteiger partial charge in [-0.1, -0.05) is 11.6 Å². The van der Waals surface area contributed by atoms with E-state index in [1.54, 1.807) is 0 Å². The number of ether oxygens (including phenoxy) is 1. The summed E-state index contributed by atoms with van der Waals surface area (Å²) < 4.78 is 5.82. The Balaban J connectivity index is 2.21. The van der Waals surface area contributed by atoms with Crippen LogP contribution in [0.25, 0.3) is 0 Å². The van der Waals surface area contributed by atoms with Gasteiger partial charge in [0.2, 0.25) is 0 Å². The van der Waals surface area contributed by atoms with Gasteiger partial charge in [-0.3, -0.25) is 0 Å². The molecule has 18 heavy (non-hydrogen) atoms. The predicted octanol–water partition coefficient (Wildman–Crippen LogP) is 3.64. The highest BCUT2D eigenvalue weighted by molar-refractivity contribution is 6.33. The Morgan fingerprint density at radius 3 is 2.67 bits per heavy atom. The standard InChI is InChI=1S/C15H22ClNO/c1-9-6-14(18-8-12-4-5-12)15(16)11(3)13(9)7-10(2)17/h6,10,12H,4-5,7-8,17H2,1-3H3. The molecule has 0 aromatic heterocycles. The average molecular weight is 268 g/mol. The van der Waals surface area contributed by atoms with Crippen molar-refractivity contribution in [1.82, 2.24) is 0 Å². The van der Waals surface area contributed by atoms with Gasteiger partial charge in [0.1, 0.15) is 5.75 Å². The fourth-order valence-electron chi connectivity index (χ4n) is 2.19. The maximum atomic E-state index is 6.39. The van der Waals surface area contributed by atoms with Gasteiger partial charge < -0.3 is 10.5 Å². The Morgan fingerprint density at radius 2 is 2.11 bits per heavy atom. The Kier molecular flexibility index (Phi) is 4.18. The molecule has 2 N–H and O–H groups in total. The summed E-state index contributed by atoms with van der Waals surface area (Å²) >= 11 is 6.39. The SMILES string of the molecule is Cc1cc(OCC2CC2)c(Cl)c(C)c1CC(C)N. The van der Waals surface area contributed by atoms with Gasteiger partial charge in [0.05, 0.1) is 11.6 Å². The Labute approximate surface area is 114 Å². The number of rotatable bonds is 5. The molecule has 0 spiro atoms. The van der Waals surface area contributed by atoms with Gasteiger partial charge in [-0.15, -0.1) is 0 Å². The number of benzene rings is 1. The Bertz CT molecular complexity index is 439. The highest BCUT2D eigenvalue weighted by Gasteiger charge is 2.23. The molecule has 0 radical (unpaired) electrons. The number of aryl methyl sites for hydroxylation is 1. The summed E-state index contributed by atoms with van der Waals surface area (Å²) in [6.07, 6.45) is 3.44. The van der Waals surface area contributed by atoms with Crippen molar-refractivity contribution in [3.63, 3.8) is 0 Å². The summed E-state index contributed by atoms with van der Waals surface area (Å²) in [5, 5.41) is 0.747. The summed E-state index contributed by atoms with van der Waals surface area (Å²) in [6.45, 7) is 6.97. The molecule has 1 aliphatic carbocycles. The molecule has 0 amide bonds. The lowest BCUT2D eigenvalue weighted by molar-refractivity contribution is 0.299. The van der Waals surface area contributed by atoms with Gasteiger partial charge in [-0.25, -0.2) is 0 Å². The van der Waals surface area contributed by atoms with Gasteiger partial charge in [-0.2, -0.15) is 0 Å². The topological polar surface area (TPSA) is 35.2 Å². The third-order valence-corrected chi connectivity index (χ3v) is 3.99. The van der Waals surface area contributed by atoms with Crippen LogP contribution in [0.1, 0.15) is 36.5 Å². The van der Waals surface area contributed by atoms with Crippen molar-refractivity contribution in [2.45, 2.75) is 46.1 Å². The molecule has 100 valence electrons. The van der Waals surface area contributed by atoms with Crippen LogP contribution in [0.3, 0.4) is 0 Å². The monoisotopic (exact) mass is 267 g/mol. The molecule has 2 nitrogen and oxygen atoms in total. The molecule has 0 bridgehead atoms. The second kappa shape index (κ2) is 5.50. The molecular weight excluding hydrogens is 246 g/mol. The van der Waals surface area contributed by atoms with Crippen LogP contribution in [-0.4, -0.2) is 12.6 Å². The van der Waals surface area contributed by atoms with Crippen LogP contribution >= 0.6 is 11.6 Å². The van der Waals surface area contributed by atoms with E-state index in [2.05, 4.69) is 19.9 Å². The lowest BCUT2D eigenvalue weighted by Crippen LogP contribution is -2.19. The number of hydrogen-bond acceptors (Lipinski definition) is 2. The van der Waals surface area contributed by atoms with Gasteiger partial charge in [0.25, 0.3) is 0 Å². The zero-order valence-corrected chi connectivity index (χ0v) is 12.2. The fraction of sp³-hybridized carbons (Fsp3) is 0.600. The lowest BCUT2D eigenvalue weighted by atomic mass is 9.96. The number of halogens is 1. The van der Waals surface area contributed by atoms with Crippen LogP contribution < -0.4 is 10.5 Å². The van der Waals surface area contributed by atoms with E-state index in [-0.39, 0.29) is 6.04 Å². The lowest BCUT2D eigenvalue weighted by Gasteiger charge is -2.17. The molecule has 2 rings (SSSR count). The molecule has 1 aromatic rings. The van der Waals surface area contributed by atoms with Crippen molar-refractivity contribution >= 4 is 11.6 Å². The minimum atomic E-state index is 0.150. The third-order valence-electron chi connectivity index (χ3n) is 3.52. The van der Waals surface area contributed by atoms with E-state index in [4.69, 9.17) is 22.1 Å². The predicted molar refractivity (Wildman–Crippen MR) is 76.5 cm³/mol. The minimum absolute atomic E-state index is 0.150. The highest BCUT2D eigenvalue weighted by atomic mass is 35.5. The number of hydrogen-bond donors (Lipinski definition) is 1. The molecule has 0 aliphatic heterocycles. The van der Waals surface area contributed by atoms with Crippen molar-refractivity contribution in [2.24, 2.45) is 11.7 Å². The van der Waals surface area contributed by atoms with Gasteiger partial charge in [0.15, 0.2) is 0 Å². The first kappa shape index (κ1) is 13.7. The second-order valence-electron chi connectivity index (χ2n) is 5.54. The average Bonchev–Trinajstić information content (AvgIpc) is 3.11. The molecule has 1 unspecified atom stereocenters. The van der Waals surface area contributed by atoms with Crippen LogP contribution in [0, 0.1) is 19.8 Å². The molecular formula is C15H22ClNO. The van der Waals surface area contributed by atoms with Crippen molar-refractivity contribution in [3.8, 4) is 5.75 Å². The minimum Gasteiger partial charge on any atom is -0.492 e. The van der Waals surface area contributed by atoms with E-state index in [0.29, 0.717) is 0 Å². The molecule has 0 heterocycles. The van der Waals surface area contributed by atoms with Gasteiger partial charge in [0, 0.05) is 6.04 Å². The molecule has 3 heteroatoms. The Hall–Kier alpha value is -0.730. The molecule has 1 saturated carbocycles. The normalized spacial score (nSPS) is 16.7. The highest BCUT2D eigenvalue weighted by Crippen LogP contribution is 2.35. The smallest absolute Gasteiger partial charge is 0.138 e. The van der Waals surface area contributed by atoms with E-state index in [9.17, 15) is 0 Å². The molecule has 0 saturated heterocycles. The van der Waals surface area contributed by atoms with E-state index in [1.807, 2.05) is 6.92 Å². The Morgan fingerprint density at radius 1 is 1.44 bits per heavy atom. The summed E-state index contributed by atoms with van der Waals surface area (Å²) in [6, 6.07) is 2.20. The van der Waals surface area contributed by atoms with Crippen molar-refractivity contribution in [1.29, 1.82) is 0 Å². The molecule has 1 fully saturated rings. The van der Waals surface area contributed by atoms with Crippen molar-refractivity contribution < 1.29 is 4.74 Å². The fourth-order valence-corrected chi connectivity index (χ4v) is 2.42. The van der Waals surface area contributed by atoms with Crippen LogP contribution in [-0.2, 0) is 6.42 Å². The van der Waals surface area contributed by atoms with Crippen LogP contribution in [0.4, 0.5) is 0 Å². The van der Waals surface area contributed by atoms with Crippen molar-refractivity contribution in [3.05, 3.63) is 27.8 Å².